The maximum Gasteiger partial charge on any atom is 0.0701 e. The van der Waals surface area contributed by atoms with Crippen LogP contribution >= 0.6 is 11.6 Å². The van der Waals surface area contributed by atoms with Crippen LogP contribution in [0.3, 0.4) is 0 Å². The van der Waals surface area contributed by atoms with Gasteiger partial charge < -0.3 is 14.2 Å². The quantitative estimate of drug-likeness (QED) is 0.261. The lowest BCUT2D eigenvalue weighted by molar-refractivity contribution is 0.0147. The topological polar surface area (TPSA) is 27.7 Å². The fourth-order valence-electron chi connectivity index (χ4n) is 1.36. The van der Waals surface area contributed by atoms with Gasteiger partial charge in [0.05, 0.1) is 33.0 Å². The second-order valence-electron chi connectivity index (χ2n) is 4.02. The third kappa shape index (κ3) is 15.9. The van der Waals surface area contributed by atoms with Crippen LogP contribution in [-0.2, 0) is 14.2 Å². The first kappa shape index (κ1) is 17.9. The SMILES string of the molecule is C=CCCOCCOCCOCCCCCCCl. The lowest BCUT2D eigenvalue weighted by Gasteiger charge is -2.06. The van der Waals surface area contributed by atoms with Crippen LogP contribution in [0.4, 0.5) is 0 Å². The molecule has 0 fully saturated rings. The van der Waals surface area contributed by atoms with E-state index in [1.807, 2.05) is 6.08 Å². The molecule has 0 atom stereocenters. The summed E-state index contributed by atoms with van der Waals surface area (Å²) in [6, 6.07) is 0. The normalized spacial score (nSPS) is 10.7. The van der Waals surface area contributed by atoms with Crippen molar-refractivity contribution in [3.63, 3.8) is 0 Å². The van der Waals surface area contributed by atoms with Gasteiger partial charge in [-0.25, -0.2) is 0 Å². The van der Waals surface area contributed by atoms with E-state index < -0.39 is 0 Å². The minimum absolute atomic E-state index is 0.635. The predicted octanol–water partition coefficient (Wildman–Crippen LogP) is 3.41. The van der Waals surface area contributed by atoms with E-state index in [0.29, 0.717) is 26.4 Å². The zero-order chi connectivity index (χ0) is 13.3. The highest BCUT2D eigenvalue weighted by Crippen LogP contribution is 2.00. The van der Waals surface area contributed by atoms with Gasteiger partial charge in [-0.3, -0.25) is 0 Å². The molecule has 0 aliphatic heterocycles. The highest BCUT2D eigenvalue weighted by molar-refractivity contribution is 6.17. The van der Waals surface area contributed by atoms with Crippen molar-refractivity contribution in [2.24, 2.45) is 0 Å². The van der Waals surface area contributed by atoms with Gasteiger partial charge in [0, 0.05) is 12.5 Å². The third-order valence-corrected chi connectivity index (χ3v) is 2.65. The molecule has 0 unspecified atom stereocenters. The molecule has 0 rings (SSSR count). The summed E-state index contributed by atoms with van der Waals surface area (Å²) < 4.78 is 16.1. The molecule has 0 radical (unpaired) electrons. The molecule has 18 heavy (non-hydrogen) atoms. The predicted molar refractivity (Wildman–Crippen MR) is 76.5 cm³/mol. The average molecular weight is 279 g/mol. The van der Waals surface area contributed by atoms with Crippen molar-refractivity contribution < 1.29 is 14.2 Å². The van der Waals surface area contributed by atoms with Gasteiger partial charge >= 0.3 is 0 Å². The van der Waals surface area contributed by atoms with Crippen LogP contribution in [-0.4, -0.2) is 45.5 Å². The number of hydrogen-bond donors (Lipinski definition) is 0. The summed E-state index contributed by atoms with van der Waals surface area (Å²) in [6.07, 6.45) is 7.36. The molecule has 0 aromatic rings. The molecule has 0 heterocycles. The minimum Gasteiger partial charge on any atom is -0.379 e. The monoisotopic (exact) mass is 278 g/mol. The maximum absolute atomic E-state index is 5.59. The van der Waals surface area contributed by atoms with Crippen molar-refractivity contribution in [3.8, 4) is 0 Å². The Hall–Kier alpha value is -0.0900. The van der Waals surface area contributed by atoms with Gasteiger partial charge in [0.25, 0.3) is 0 Å². The summed E-state index contributed by atoms with van der Waals surface area (Å²) in [4.78, 5) is 0. The Morgan fingerprint density at radius 3 is 1.89 bits per heavy atom. The molecule has 3 nitrogen and oxygen atoms in total. The zero-order valence-corrected chi connectivity index (χ0v) is 12.1. The van der Waals surface area contributed by atoms with Gasteiger partial charge in [-0.1, -0.05) is 18.9 Å². The van der Waals surface area contributed by atoms with Crippen LogP contribution < -0.4 is 0 Å². The van der Waals surface area contributed by atoms with E-state index in [1.165, 1.54) is 12.8 Å². The Morgan fingerprint density at radius 1 is 0.722 bits per heavy atom. The number of unbranched alkanes of at least 4 members (excludes halogenated alkanes) is 3. The third-order valence-electron chi connectivity index (χ3n) is 2.38. The first-order valence-corrected chi connectivity index (χ1v) is 7.35. The Bertz CT molecular complexity index is 165. The van der Waals surface area contributed by atoms with E-state index in [2.05, 4.69) is 6.58 Å². The maximum atomic E-state index is 5.59. The Morgan fingerprint density at radius 2 is 1.28 bits per heavy atom. The lowest BCUT2D eigenvalue weighted by atomic mass is 10.2. The van der Waals surface area contributed by atoms with Crippen molar-refractivity contribution in [2.45, 2.75) is 32.1 Å². The smallest absolute Gasteiger partial charge is 0.0701 e. The van der Waals surface area contributed by atoms with E-state index in [1.54, 1.807) is 0 Å². The lowest BCUT2D eigenvalue weighted by Crippen LogP contribution is -2.10. The van der Waals surface area contributed by atoms with Crippen molar-refractivity contribution >= 4 is 11.6 Å². The highest BCUT2D eigenvalue weighted by Gasteiger charge is 1.92. The molecule has 0 amide bonds. The molecule has 0 aromatic carbocycles. The zero-order valence-electron chi connectivity index (χ0n) is 11.4. The van der Waals surface area contributed by atoms with Crippen LogP contribution in [0.15, 0.2) is 12.7 Å². The van der Waals surface area contributed by atoms with Crippen LogP contribution in [0.5, 0.6) is 0 Å². The second-order valence-corrected chi connectivity index (χ2v) is 4.40. The average Bonchev–Trinajstić information content (AvgIpc) is 2.39. The van der Waals surface area contributed by atoms with Gasteiger partial charge in [-0.05, 0) is 19.3 Å². The van der Waals surface area contributed by atoms with Crippen LogP contribution in [0.25, 0.3) is 0 Å². The van der Waals surface area contributed by atoms with Gasteiger partial charge in [-0.15, -0.1) is 18.2 Å². The first-order chi connectivity index (χ1) is 8.91. The molecule has 0 aliphatic carbocycles. The summed E-state index contributed by atoms with van der Waals surface area (Å²) in [6.45, 7) is 7.77. The fraction of sp³-hybridized carbons (Fsp3) is 0.857. The summed E-state index contributed by atoms with van der Waals surface area (Å²) >= 11 is 5.59. The molecular weight excluding hydrogens is 252 g/mol. The largest absolute Gasteiger partial charge is 0.379 e. The van der Waals surface area contributed by atoms with Gasteiger partial charge in [0.15, 0.2) is 0 Å². The summed E-state index contributed by atoms with van der Waals surface area (Å²) in [5.41, 5.74) is 0. The molecular formula is C14H27ClO3. The molecule has 0 saturated carbocycles. The number of ether oxygens (including phenoxy) is 3. The van der Waals surface area contributed by atoms with Gasteiger partial charge in [0.2, 0.25) is 0 Å². The molecule has 0 N–H and O–H groups in total. The summed E-state index contributed by atoms with van der Waals surface area (Å²) in [7, 11) is 0. The number of hydrogen-bond acceptors (Lipinski definition) is 3. The number of halogens is 1. The van der Waals surface area contributed by atoms with Gasteiger partial charge in [0.1, 0.15) is 0 Å². The van der Waals surface area contributed by atoms with Crippen molar-refractivity contribution in [1.29, 1.82) is 0 Å². The fourth-order valence-corrected chi connectivity index (χ4v) is 1.55. The second kappa shape index (κ2) is 16.9. The van der Waals surface area contributed by atoms with Crippen molar-refractivity contribution in [1.82, 2.24) is 0 Å². The molecule has 0 aromatic heterocycles. The Kier molecular flexibility index (Phi) is 16.8. The summed E-state index contributed by atoms with van der Waals surface area (Å²) in [5, 5.41) is 0. The van der Waals surface area contributed by atoms with Gasteiger partial charge in [-0.2, -0.15) is 0 Å². The standard InChI is InChI=1S/C14H27ClO3/c1-2-3-9-16-11-13-18-14-12-17-10-7-5-4-6-8-15/h2H,1,3-14H2. The first-order valence-electron chi connectivity index (χ1n) is 6.82. The van der Waals surface area contributed by atoms with E-state index in [4.69, 9.17) is 25.8 Å². The molecule has 0 aliphatic rings. The molecule has 0 spiro atoms. The van der Waals surface area contributed by atoms with E-state index >= 15 is 0 Å². The molecule has 0 bridgehead atoms. The Balaban J connectivity index is 2.88. The minimum atomic E-state index is 0.635. The highest BCUT2D eigenvalue weighted by atomic mass is 35.5. The van der Waals surface area contributed by atoms with Crippen LogP contribution in [0.1, 0.15) is 32.1 Å². The molecule has 0 saturated heterocycles. The van der Waals surface area contributed by atoms with E-state index in [-0.39, 0.29) is 0 Å². The van der Waals surface area contributed by atoms with E-state index in [9.17, 15) is 0 Å². The van der Waals surface area contributed by atoms with Crippen LogP contribution in [0.2, 0.25) is 0 Å². The van der Waals surface area contributed by atoms with Crippen LogP contribution in [0, 0.1) is 0 Å². The van der Waals surface area contributed by atoms with Crippen molar-refractivity contribution in [3.05, 3.63) is 12.7 Å². The summed E-state index contributed by atoms with van der Waals surface area (Å²) in [5.74, 6) is 0.767. The number of rotatable bonds is 15. The number of alkyl halides is 1. The molecule has 108 valence electrons. The van der Waals surface area contributed by atoms with E-state index in [0.717, 1.165) is 38.4 Å². The Labute approximate surface area is 116 Å². The molecule has 4 heteroatoms. The van der Waals surface area contributed by atoms with Crippen molar-refractivity contribution in [2.75, 3.05) is 45.5 Å².